The first-order valence-electron chi connectivity index (χ1n) is 8.53. The van der Waals surface area contributed by atoms with Crippen LogP contribution in [0.25, 0.3) is 0 Å². The average molecular weight is 371 g/mol. The Morgan fingerprint density at radius 3 is 2.81 bits per heavy atom. The van der Waals surface area contributed by atoms with Crippen molar-refractivity contribution in [3.05, 3.63) is 65.2 Å². The normalized spacial score (nSPS) is 16.4. The fourth-order valence-corrected chi connectivity index (χ4v) is 3.87. The van der Waals surface area contributed by atoms with E-state index in [0.717, 1.165) is 35.7 Å². The van der Waals surface area contributed by atoms with E-state index in [0.29, 0.717) is 11.1 Å². The maximum Gasteiger partial charge on any atom is 0.339 e. The molecule has 0 spiro atoms. The van der Waals surface area contributed by atoms with Crippen LogP contribution in [0, 0.1) is 0 Å². The third-order valence-corrected chi connectivity index (χ3v) is 5.34. The van der Waals surface area contributed by atoms with Crippen LogP contribution in [0.2, 0.25) is 0 Å². The van der Waals surface area contributed by atoms with Gasteiger partial charge in [0, 0.05) is 22.8 Å². The molecule has 0 bridgehead atoms. The lowest BCUT2D eigenvalue weighted by Gasteiger charge is -2.12. The molecule has 6 heteroatoms. The van der Waals surface area contributed by atoms with Gasteiger partial charge in [-0.15, -0.1) is 11.8 Å². The van der Waals surface area contributed by atoms with Gasteiger partial charge in [-0.25, -0.2) is 4.79 Å². The maximum atomic E-state index is 12.5. The molecule has 0 aliphatic carbocycles. The van der Waals surface area contributed by atoms with Crippen molar-refractivity contribution in [3.8, 4) is 0 Å². The number of nitrogens with two attached hydrogens (primary N) is 1. The van der Waals surface area contributed by atoms with Crippen molar-refractivity contribution in [1.82, 2.24) is 0 Å². The summed E-state index contributed by atoms with van der Waals surface area (Å²) in [6.07, 6.45) is 2.41. The molecule has 1 fully saturated rings. The molecular formula is C20H21NO4S. The predicted molar refractivity (Wildman–Crippen MR) is 100 cm³/mol. The topological polar surface area (TPSA) is 78.6 Å². The second-order valence-electron chi connectivity index (χ2n) is 6.08. The number of benzene rings is 2. The number of thioether (sulfide) groups is 1. The van der Waals surface area contributed by atoms with Gasteiger partial charge in [-0.1, -0.05) is 24.3 Å². The molecule has 26 heavy (non-hydrogen) atoms. The van der Waals surface area contributed by atoms with E-state index < -0.39 is 5.91 Å². The molecule has 1 atom stereocenters. The fourth-order valence-electron chi connectivity index (χ4n) is 2.76. The van der Waals surface area contributed by atoms with Crippen molar-refractivity contribution in [1.29, 1.82) is 0 Å². The summed E-state index contributed by atoms with van der Waals surface area (Å²) >= 11 is 1.61. The second-order valence-corrected chi connectivity index (χ2v) is 7.14. The van der Waals surface area contributed by atoms with Gasteiger partial charge in [-0.3, -0.25) is 4.79 Å². The molecule has 1 amide bonds. The van der Waals surface area contributed by atoms with Gasteiger partial charge in [0.1, 0.15) is 6.61 Å². The summed E-state index contributed by atoms with van der Waals surface area (Å²) in [7, 11) is 0. The van der Waals surface area contributed by atoms with Crippen molar-refractivity contribution < 1.29 is 19.1 Å². The van der Waals surface area contributed by atoms with Gasteiger partial charge < -0.3 is 15.2 Å². The molecule has 2 aromatic rings. The lowest BCUT2D eigenvalue weighted by atomic mass is 10.1. The fraction of sp³-hybridized carbons (Fsp3) is 0.300. The number of hydrogen-bond donors (Lipinski definition) is 1. The first kappa shape index (κ1) is 18.5. The lowest BCUT2D eigenvalue weighted by Crippen LogP contribution is -2.12. The summed E-state index contributed by atoms with van der Waals surface area (Å²) < 4.78 is 11.1. The number of amides is 1. The minimum atomic E-state index is -0.506. The van der Waals surface area contributed by atoms with Crippen LogP contribution in [0.1, 0.15) is 39.1 Å². The molecule has 1 aliphatic heterocycles. The monoisotopic (exact) mass is 371 g/mol. The molecule has 136 valence electrons. The second kappa shape index (κ2) is 8.87. The van der Waals surface area contributed by atoms with Crippen LogP contribution < -0.4 is 5.73 Å². The van der Waals surface area contributed by atoms with Gasteiger partial charge >= 0.3 is 5.97 Å². The van der Waals surface area contributed by atoms with Crippen LogP contribution in [0.3, 0.4) is 0 Å². The van der Waals surface area contributed by atoms with Crippen molar-refractivity contribution in [2.45, 2.75) is 30.4 Å². The SMILES string of the molecule is NC(=O)c1cccc(COC(=O)c2ccccc2SCC2CCCO2)c1. The minimum Gasteiger partial charge on any atom is -0.457 e. The minimum absolute atomic E-state index is 0.0880. The largest absolute Gasteiger partial charge is 0.457 e. The van der Waals surface area contributed by atoms with Gasteiger partial charge in [0.15, 0.2) is 0 Å². The summed E-state index contributed by atoms with van der Waals surface area (Å²) in [5.41, 5.74) is 6.93. The van der Waals surface area contributed by atoms with Crippen molar-refractivity contribution >= 4 is 23.6 Å². The van der Waals surface area contributed by atoms with Crippen molar-refractivity contribution in [3.63, 3.8) is 0 Å². The number of primary amides is 1. The van der Waals surface area contributed by atoms with E-state index in [4.69, 9.17) is 15.2 Å². The molecule has 1 unspecified atom stereocenters. The first-order chi connectivity index (χ1) is 12.6. The Bertz CT molecular complexity index is 787. The summed E-state index contributed by atoms with van der Waals surface area (Å²) in [4.78, 5) is 24.6. The number of carbonyl (C=O) groups is 2. The van der Waals surface area contributed by atoms with Crippen molar-refractivity contribution in [2.24, 2.45) is 5.73 Å². The van der Waals surface area contributed by atoms with Gasteiger partial charge in [0.05, 0.1) is 11.7 Å². The van der Waals surface area contributed by atoms with Crippen LogP contribution >= 0.6 is 11.8 Å². The summed E-state index contributed by atoms with van der Waals surface area (Å²) in [5, 5.41) is 0. The molecule has 2 N–H and O–H groups in total. The Labute approximate surface area is 156 Å². The molecule has 1 aliphatic rings. The number of rotatable bonds is 7. The Morgan fingerprint density at radius 1 is 1.19 bits per heavy atom. The third-order valence-electron chi connectivity index (χ3n) is 4.14. The van der Waals surface area contributed by atoms with E-state index in [2.05, 4.69) is 0 Å². The molecule has 0 radical (unpaired) electrons. The molecule has 0 saturated carbocycles. The highest BCUT2D eigenvalue weighted by molar-refractivity contribution is 7.99. The van der Waals surface area contributed by atoms with Crippen molar-refractivity contribution in [2.75, 3.05) is 12.4 Å². The standard InChI is InChI=1S/C20H21NO4S/c21-19(22)15-6-3-5-14(11-15)12-25-20(23)17-8-1-2-9-18(17)26-13-16-7-4-10-24-16/h1-3,5-6,8-9,11,16H,4,7,10,12-13H2,(H2,21,22). The predicted octanol–water partition coefficient (Wildman–Crippen LogP) is 3.41. The smallest absolute Gasteiger partial charge is 0.339 e. The number of ether oxygens (including phenoxy) is 2. The Morgan fingerprint density at radius 2 is 2.04 bits per heavy atom. The highest BCUT2D eigenvalue weighted by atomic mass is 32.2. The van der Waals surface area contributed by atoms with Gasteiger partial charge in [-0.05, 0) is 42.7 Å². The molecule has 0 aromatic heterocycles. The van der Waals surface area contributed by atoms with E-state index in [1.807, 2.05) is 18.2 Å². The molecular weight excluding hydrogens is 350 g/mol. The Balaban J connectivity index is 1.62. The zero-order valence-corrected chi connectivity index (χ0v) is 15.2. The van der Waals surface area contributed by atoms with E-state index >= 15 is 0 Å². The van der Waals surface area contributed by atoms with E-state index in [1.54, 1.807) is 42.1 Å². The van der Waals surface area contributed by atoms with E-state index in [9.17, 15) is 9.59 Å². The van der Waals surface area contributed by atoms with Crippen LogP contribution in [-0.2, 0) is 16.1 Å². The Kier molecular flexibility index (Phi) is 6.30. The Hall–Kier alpha value is -2.31. The van der Waals surface area contributed by atoms with Gasteiger partial charge in [-0.2, -0.15) is 0 Å². The van der Waals surface area contributed by atoms with Crippen LogP contribution in [0.15, 0.2) is 53.4 Å². The number of esters is 1. The maximum absolute atomic E-state index is 12.5. The highest BCUT2D eigenvalue weighted by Crippen LogP contribution is 2.27. The van der Waals surface area contributed by atoms with E-state index in [1.165, 1.54) is 0 Å². The molecule has 1 heterocycles. The van der Waals surface area contributed by atoms with Gasteiger partial charge in [0.2, 0.25) is 5.91 Å². The molecule has 3 rings (SSSR count). The molecule has 1 saturated heterocycles. The van der Waals surface area contributed by atoms with Crippen LogP contribution in [-0.4, -0.2) is 30.3 Å². The van der Waals surface area contributed by atoms with Crippen LogP contribution in [0.4, 0.5) is 0 Å². The number of carbonyl (C=O) groups excluding carboxylic acids is 2. The summed E-state index contributed by atoms with van der Waals surface area (Å²) in [6.45, 7) is 0.907. The van der Waals surface area contributed by atoms with E-state index in [-0.39, 0.29) is 18.7 Å². The zero-order chi connectivity index (χ0) is 18.4. The molecule has 5 nitrogen and oxygen atoms in total. The summed E-state index contributed by atoms with van der Waals surface area (Å²) in [6, 6.07) is 14.2. The van der Waals surface area contributed by atoms with Gasteiger partial charge in [0.25, 0.3) is 0 Å². The number of hydrogen-bond acceptors (Lipinski definition) is 5. The quantitative estimate of drug-likeness (QED) is 0.596. The average Bonchev–Trinajstić information content (AvgIpc) is 3.18. The zero-order valence-electron chi connectivity index (χ0n) is 14.4. The first-order valence-corrected chi connectivity index (χ1v) is 9.51. The third kappa shape index (κ3) is 4.86. The van der Waals surface area contributed by atoms with Crippen LogP contribution in [0.5, 0.6) is 0 Å². The molecule has 2 aromatic carbocycles. The lowest BCUT2D eigenvalue weighted by molar-refractivity contribution is 0.0468. The highest BCUT2D eigenvalue weighted by Gasteiger charge is 2.18. The summed E-state index contributed by atoms with van der Waals surface area (Å²) in [5.74, 6) is -0.0655.